The van der Waals surface area contributed by atoms with Crippen molar-refractivity contribution in [3.8, 4) is 11.8 Å². The van der Waals surface area contributed by atoms with Gasteiger partial charge in [0, 0.05) is 28.7 Å². The summed E-state index contributed by atoms with van der Waals surface area (Å²) in [4.78, 5) is 23.6. The second-order valence-corrected chi connectivity index (χ2v) is 7.33. The number of aromatic nitrogens is 1. The molecule has 0 aliphatic rings. The maximum Gasteiger partial charge on any atom is 0.274 e. The molecule has 7 heteroatoms. The molecule has 0 fully saturated rings. The van der Waals surface area contributed by atoms with Gasteiger partial charge in [0.2, 0.25) is 0 Å². The van der Waals surface area contributed by atoms with Gasteiger partial charge >= 0.3 is 0 Å². The zero-order valence-electron chi connectivity index (χ0n) is 17.8. The van der Waals surface area contributed by atoms with Crippen molar-refractivity contribution in [3.05, 3.63) is 92.3 Å². The van der Waals surface area contributed by atoms with Gasteiger partial charge in [-0.1, -0.05) is 24.3 Å². The Bertz CT molecular complexity index is 1260. The number of nitro groups is 1. The van der Waals surface area contributed by atoms with Gasteiger partial charge in [-0.25, -0.2) is 0 Å². The van der Waals surface area contributed by atoms with Crippen LogP contribution in [0.3, 0.4) is 0 Å². The van der Waals surface area contributed by atoms with Crippen molar-refractivity contribution in [3.63, 3.8) is 0 Å². The molecule has 156 valence electrons. The van der Waals surface area contributed by atoms with Gasteiger partial charge in [0.15, 0.2) is 0 Å². The van der Waals surface area contributed by atoms with E-state index in [4.69, 9.17) is 0 Å². The second kappa shape index (κ2) is 8.67. The third-order valence-electron chi connectivity index (χ3n) is 5.18. The van der Waals surface area contributed by atoms with Crippen LogP contribution in [0, 0.1) is 49.1 Å². The van der Waals surface area contributed by atoms with E-state index in [1.165, 1.54) is 12.1 Å². The highest BCUT2D eigenvalue weighted by molar-refractivity contribution is 6.10. The Balaban J connectivity index is 1.99. The van der Waals surface area contributed by atoms with Crippen LogP contribution in [0.2, 0.25) is 0 Å². The lowest BCUT2D eigenvalue weighted by molar-refractivity contribution is -0.385. The van der Waals surface area contributed by atoms with E-state index in [1.807, 2.05) is 61.7 Å². The number of anilines is 1. The maximum absolute atomic E-state index is 12.6. The molecule has 0 saturated heterocycles. The summed E-state index contributed by atoms with van der Waals surface area (Å²) in [6.45, 7) is 7.28. The zero-order chi connectivity index (χ0) is 22.7. The first kappa shape index (κ1) is 21.5. The molecule has 0 aliphatic carbocycles. The fourth-order valence-corrected chi connectivity index (χ4v) is 3.47. The molecular formula is C24H22N4O3. The van der Waals surface area contributed by atoms with Gasteiger partial charge in [0.05, 0.1) is 10.6 Å². The molecule has 0 unspecified atom stereocenters. The van der Waals surface area contributed by atoms with Gasteiger partial charge in [-0.3, -0.25) is 14.9 Å². The van der Waals surface area contributed by atoms with Crippen molar-refractivity contribution in [2.45, 2.75) is 27.7 Å². The number of hydrogen-bond donors (Lipinski definition) is 1. The first-order valence-corrected chi connectivity index (χ1v) is 9.66. The Kier molecular flexibility index (Phi) is 6.02. The molecule has 0 radical (unpaired) electrons. The van der Waals surface area contributed by atoms with Gasteiger partial charge in [-0.05, 0) is 63.1 Å². The van der Waals surface area contributed by atoms with E-state index in [9.17, 15) is 20.2 Å². The first-order chi connectivity index (χ1) is 14.7. The Morgan fingerprint density at radius 2 is 1.81 bits per heavy atom. The maximum atomic E-state index is 12.6. The number of amides is 1. The zero-order valence-corrected chi connectivity index (χ0v) is 17.8. The fourth-order valence-electron chi connectivity index (χ4n) is 3.47. The molecule has 0 atom stereocenters. The summed E-state index contributed by atoms with van der Waals surface area (Å²) in [6.07, 6.45) is 1.54. The number of nitro benzene ring substituents is 1. The number of carbonyl (C=O) groups is 1. The van der Waals surface area contributed by atoms with Crippen LogP contribution in [0.4, 0.5) is 11.4 Å². The van der Waals surface area contributed by atoms with Crippen molar-refractivity contribution in [2.24, 2.45) is 0 Å². The van der Waals surface area contributed by atoms with Crippen molar-refractivity contribution in [1.29, 1.82) is 5.26 Å². The second-order valence-electron chi connectivity index (χ2n) is 7.33. The molecule has 3 aromatic rings. The summed E-state index contributed by atoms with van der Waals surface area (Å²) in [6, 6.07) is 16.2. The normalized spacial score (nSPS) is 11.1. The van der Waals surface area contributed by atoms with Gasteiger partial charge in [0.1, 0.15) is 11.6 Å². The molecule has 0 bridgehead atoms. The van der Waals surface area contributed by atoms with Crippen LogP contribution in [0.15, 0.2) is 54.1 Å². The van der Waals surface area contributed by atoms with Crippen molar-refractivity contribution < 1.29 is 9.72 Å². The largest absolute Gasteiger partial charge is 0.321 e. The summed E-state index contributed by atoms with van der Waals surface area (Å²) < 4.78 is 1.87. The lowest BCUT2D eigenvalue weighted by Gasteiger charge is -2.10. The highest BCUT2D eigenvalue weighted by Gasteiger charge is 2.17. The Morgan fingerprint density at radius 1 is 1.10 bits per heavy atom. The number of hydrogen-bond acceptors (Lipinski definition) is 4. The van der Waals surface area contributed by atoms with E-state index in [0.29, 0.717) is 22.5 Å². The molecule has 0 spiro atoms. The molecule has 0 aliphatic heterocycles. The molecule has 0 saturated carbocycles. The minimum atomic E-state index is -0.493. The van der Waals surface area contributed by atoms with E-state index in [-0.39, 0.29) is 11.3 Å². The van der Waals surface area contributed by atoms with E-state index >= 15 is 0 Å². The molecule has 1 heterocycles. The van der Waals surface area contributed by atoms with E-state index in [2.05, 4.69) is 5.32 Å². The van der Waals surface area contributed by atoms with Crippen molar-refractivity contribution in [1.82, 2.24) is 4.57 Å². The van der Waals surface area contributed by atoms with Gasteiger partial charge < -0.3 is 9.88 Å². The van der Waals surface area contributed by atoms with Crippen molar-refractivity contribution >= 4 is 23.4 Å². The topological polar surface area (TPSA) is 101 Å². The highest BCUT2D eigenvalue weighted by atomic mass is 16.6. The van der Waals surface area contributed by atoms with Crippen molar-refractivity contribution in [2.75, 3.05) is 5.32 Å². The standard InChI is InChI=1S/C24H22N4O3/c1-15-7-5-6-8-22(15)26-24(29)20(14-25)12-19-11-17(3)27(18(19)4)21-10-9-16(2)23(13-21)28(30)31/h5-13H,1-4H3,(H,26,29). The molecule has 2 aromatic carbocycles. The smallest absolute Gasteiger partial charge is 0.274 e. The monoisotopic (exact) mass is 414 g/mol. The highest BCUT2D eigenvalue weighted by Crippen LogP contribution is 2.27. The quantitative estimate of drug-likeness (QED) is 0.269. The van der Waals surface area contributed by atoms with E-state index in [1.54, 1.807) is 19.1 Å². The molecule has 3 rings (SSSR count). The number of para-hydroxylation sites is 1. The predicted molar refractivity (Wildman–Crippen MR) is 120 cm³/mol. The SMILES string of the molecule is Cc1ccccc1NC(=O)C(C#N)=Cc1cc(C)n(-c2ccc(C)c([N+](=O)[O-])c2)c1C. The molecule has 7 nitrogen and oxygen atoms in total. The number of rotatable bonds is 5. The minimum Gasteiger partial charge on any atom is -0.321 e. The van der Waals surface area contributed by atoms with Crippen LogP contribution < -0.4 is 5.32 Å². The van der Waals surface area contributed by atoms with Crippen LogP contribution in [0.5, 0.6) is 0 Å². The summed E-state index contributed by atoms with van der Waals surface area (Å²) in [5.41, 5.74) is 5.07. The molecular weight excluding hydrogens is 392 g/mol. The number of aryl methyl sites for hydroxylation is 3. The van der Waals surface area contributed by atoms with Gasteiger partial charge in [-0.15, -0.1) is 0 Å². The third-order valence-corrected chi connectivity index (χ3v) is 5.18. The summed E-state index contributed by atoms with van der Waals surface area (Å²) in [7, 11) is 0. The van der Waals surface area contributed by atoms with Gasteiger partial charge in [-0.2, -0.15) is 5.26 Å². The fraction of sp³-hybridized carbons (Fsp3) is 0.167. The summed E-state index contributed by atoms with van der Waals surface area (Å²) >= 11 is 0. The van der Waals surface area contributed by atoms with Crippen LogP contribution in [-0.4, -0.2) is 15.4 Å². The number of benzene rings is 2. The van der Waals surface area contributed by atoms with Crippen LogP contribution >= 0.6 is 0 Å². The molecule has 1 N–H and O–H groups in total. The minimum absolute atomic E-state index is 0.0293. The van der Waals surface area contributed by atoms with Crippen LogP contribution in [0.25, 0.3) is 11.8 Å². The Hall–Kier alpha value is -4.18. The number of nitriles is 1. The Labute approximate surface area is 180 Å². The number of carbonyl (C=O) groups excluding carboxylic acids is 1. The van der Waals surface area contributed by atoms with E-state index in [0.717, 1.165) is 17.0 Å². The van der Waals surface area contributed by atoms with E-state index < -0.39 is 10.8 Å². The Morgan fingerprint density at radius 3 is 2.45 bits per heavy atom. The summed E-state index contributed by atoms with van der Waals surface area (Å²) in [5.74, 6) is -0.493. The van der Waals surface area contributed by atoms with Crippen LogP contribution in [-0.2, 0) is 4.79 Å². The first-order valence-electron chi connectivity index (χ1n) is 9.66. The number of nitrogens with one attached hydrogen (secondary N) is 1. The average molecular weight is 414 g/mol. The molecule has 31 heavy (non-hydrogen) atoms. The average Bonchev–Trinajstić information content (AvgIpc) is 3.01. The number of nitrogens with zero attached hydrogens (tertiary/aromatic N) is 3. The third kappa shape index (κ3) is 4.38. The predicted octanol–water partition coefficient (Wildman–Crippen LogP) is 5.16. The molecule has 1 amide bonds. The lowest BCUT2D eigenvalue weighted by Crippen LogP contribution is -2.14. The summed E-state index contributed by atoms with van der Waals surface area (Å²) in [5, 5.41) is 23.6. The lowest BCUT2D eigenvalue weighted by atomic mass is 10.1. The van der Waals surface area contributed by atoms with Gasteiger partial charge in [0.25, 0.3) is 11.6 Å². The van der Waals surface area contributed by atoms with Crippen LogP contribution in [0.1, 0.15) is 28.1 Å². The molecule has 1 aromatic heterocycles.